The van der Waals surface area contributed by atoms with Crippen molar-refractivity contribution in [1.29, 1.82) is 0 Å². The van der Waals surface area contributed by atoms with E-state index in [0.717, 1.165) is 23.8 Å². The summed E-state index contributed by atoms with van der Waals surface area (Å²) >= 11 is 0. The summed E-state index contributed by atoms with van der Waals surface area (Å²) in [5, 5.41) is 20.3. The number of hydrogen-bond acceptors (Lipinski definition) is 6. The van der Waals surface area contributed by atoms with Gasteiger partial charge in [0.15, 0.2) is 0 Å². The van der Waals surface area contributed by atoms with Gasteiger partial charge in [-0.25, -0.2) is 4.79 Å². The van der Waals surface area contributed by atoms with Gasteiger partial charge in [0.1, 0.15) is 0 Å². The van der Waals surface area contributed by atoms with Crippen LogP contribution in [0, 0.1) is 10.1 Å². The highest BCUT2D eigenvalue weighted by Gasteiger charge is 2.38. The maximum Gasteiger partial charge on any atom is 0.315 e. The smallest absolute Gasteiger partial charge is 0.315 e. The van der Waals surface area contributed by atoms with Gasteiger partial charge >= 0.3 is 6.03 Å². The first-order valence-corrected chi connectivity index (χ1v) is 10.4. The quantitative estimate of drug-likeness (QED) is 0.274. The molecule has 10 heteroatoms. The Balaban J connectivity index is 1.47. The van der Waals surface area contributed by atoms with Crippen molar-refractivity contribution in [3.05, 3.63) is 39.4 Å². The van der Waals surface area contributed by atoms with E-state index in [2.05, 4.69) is 43.6 Å². The molecule has 3 N–H and O–H groups in total. The summed E-state index contributed by atoms with van der Waals surface area (Å²) in [7, 11) is 0. The number of carbonyl (C=O) groups excluding carboxylic acids is 3. The van der Waals surface area contributed by atoms with E-state index in [1.165, 1.54) is 12.1 Å². The van der Waals surface area contributed by atoms with Crippen molar-refractivity contribution < 1.29 is 19.3 Å². The van der Waals surface area contributed by atoms with Gasteiger partial charge in [-0.15, -0.1) is 0 Å². The van der Waals surface area contributed by atoms with E-state index in [4.69, 9.17) is 0 Å². The molecule has 10 nitrogen and oxygen atoms in total. The summed E-state index contributed by atoms with van der Waals surface area (Å²) in [6.07, 6.45) is 2.00. The zero-order chi connectivity index (χ0) is 23.0. The lowest BCUT2D eigenvalue weighted by molar-refractivity contribution is -0.384. The molecule has 168 valence electrons. The molecule has 1 aromatic rings. The molecular weight excluding hydrogens is 402 g/mol. The van der Waals surface area contributed by atoms with E-state index < -0.39 is 16.7 Å². The van der Waals surface area contributed by atoms with Crippen LogP contribution in [0.4, 0.5) is 10.5 Å². The SMILES string of the molecule is CC1(C)CC(NC(=O)NCCCN2C(=O)c3ccc([N+](=O)[O-])cc3C2=O)CC(C)(C)N1. The Morgan fingerprint density at radius 3 is 2.39 bits per heavy atom. The highest BCUT2D eigenvalue weighted by molar-refractivity contribution is 6.21. The van der Waals surface area contributed by atoms with Gasteiger partial charge in [-0.2, -0.15) is 0 Å². The van der Waals surface area contributed by atoms with Crippen LogP contribution >= 0.6 is 0 Å². The van der Waals surface area contributed by atoms with Crippen molar-refractivity contribution in [3.63, 3.8) is 0 Å². The molecule has 3 rings (SSSR count). The van der Waals surface area contributed by atoms with Crippen LogP contribution in [0.15, 0.2) is 18.2 Å². The van der Waals surface area contributed by atoms with E-state index in [-0.39, 0.29) is 53.1 Å². The standard InChI is InChI=1S/C21H29N5O5/c1-20(2)11-13(12-21(3,4)24-20)23-19(29)22-8-5-9-25-17(27)15-7-6-14(26(30)31)10-16(15)18(25)28/h6-7,10,13,24H,5,8-9,11-12H2,1-4H3,(H2,22,23,29). The molecule has 0 aliphatic carbocycles. The van der Waals surface area contributed by atoms with Crippen molar-refractivity contribution in [3.8, 4) is 0 Å². The van der Waals surface area contributed by atoms with Gasteiger partial charge in [0.25, 0.3) is 17.5 Å². The maximum absolute atomic E-state index is 12.5. The van der Waals surface area contributed by atoms with Gasteiger partial charge in [0.2, 0.25) is 0 Å². The molecule has 0 atom stereocenters. The second-order valence-corrected chi connectivity index (χ2v) is 9.50. The lowest BCUT2D eigenvalue weighted by atomic mass is 9.80. The fraction of sp³-hybridized carbons (Fsp3) is 0.571. The van der Waals surface area contributed by atoms with Crippen LogP contribution in [0.3, 0.4) is 0 Å². The van der Waals surface area contributed by atoms with Crippen LogP contribution in [0.25, 0.3) is 0 Å². The molecule has 31 heavy (non-hydrogen) atoms. The third-order valence-electron chi connectivity index (χ3n) is 5.53. The lowest BCUT2D eigenvalue weighted by Gasteiger charge is -2.46. The number of rotatable bonds is 6. The van der Waals surface area contributed by atoms with Gasteiger partial charge in [-0.05, 0) is 53.0 Å². The highest BCUT2D eigenvalue weighted by atomic mass is 16.6. The number of non-ortho nitro benzene ring substituents is 1. The number of nitrogens with one attached hydrogen (secondary N) is 3. The van der Waals surface area contributed by atoms with E-state index in [1.54, 1.807) is 0 Å². The summed E-state index contributed by atoms with van der Waals surface area (Å²) in [6, 6.07) is 3.41. The van der Waals surface area contributed by atoms with Crippen molar-refractivity contribution >= 4 is 23.5 Å². The van der Waals surface area contributed by atoms with Crippen molar-refractivity contribution in [2.24, 2.45) is 0 Å². The zero-order valence-electron chi connectivity index (χ0n) is 18.3. The molecule has 1 saturated heterocycles. The van der Waals surface area contributed by atoms with E-state index in [9.17, 15) is 24.5 Å². The molecule has 1 aromatic carbocycles. The number of nitro benzene ring substituents is 1. The number of amides is 4. The summed E-state index contributed by atoms with van der Waals surface area (Å²) in [5.74, 6) is -1.02. The normalized spacial score (nSPS) is 19.8. The van der Waals surface area contributed by atoms with E-state index >= 15 is 0 Å². The first-order chi connectivity index (χ1) is 14.4. The first kappa shape index (κ1) is 22.7. The number of hydrogen-bond donors (Lipinski definition) is 3. The van der Waals surface area contributed by atoms with Gasteiger partial charge in [0.05, 0.1) is 16.1 Å². The molecule has 4 amide bonds. The molecular formula is C21H29N5O5. The Kier molecular flexibility index (Phi) is 6.04. The van der Waals surface area contributed by atoms with Crippen molar-refractivity contribution in [2.45, 2.75) is 64.1 Å². The van der Waals surface area contributed by atoms with Crippen LogP contribution in [0.1, 0.15) is 67.7 Å². The second kappa shape index (κ2) is 8.26. The van der Waals surface area contributed by atoms with Gasteiger partial charge in [-0.1, -0.05) is 0 Å². The fourth-order valence-electron chi connectivity index (χ4n) is 4.70. The zero-order valence-corrected chi connectivity index (χ0v) is 18.3. The van der Waals surface area contributed by atoms with Crippen LogP contribution < -0.4 is 16.0 Å². The lowest BCUT2D eigenvalue weighted by Crippen LogP contribution is -2.62. The third kappa shape index (κ3) is 5.19. The molecule has 2 aliphatic heterocycles. The summed E-state index contributed by atoms with van der Waals surface area (Å²) in [4.78, 5) is 48.5. The minimum Gasteiger partial charge on any atom is -0.338 e. The Morgan fingerprint density at radius 2 is 1.77 bits per heavy atom. The third-order valence-corrected chi connectivity index (χ3v) is 5.53. The Labute approximate surface area is 180 Å². The average molecular weight is 431 g/mol. The average Bonchev–Trinajstić information content (AvgIpc) is 2.86. The molecule has 0 saturated carbocycles. The van der Waals surface area contributed by atoms with E-state index in [0.29, 0.717) is 6.42 Å². The Hall–Kier alpha value is -3.01. The van der Waals surface area contributed by atoms with Gasteiger partial charge in [-0.3, -0.25) is 24.6 Å². The topological polar surface area (TPSA) is 134 Å². The van der Waals surface area contributed by atoms with Crippen molar-refractivity contribution in [1.82, 2.24) is 20.9 Å². The highest BCUT2D eigenvalue weighted by Crippen LogP contribution is 2.29. The molecule has 0 spiro atoms. The van der Waals surface area contributed by atoms with E-state index in [1.807, 2.05) is 0 Å². The second-order valence-electron chi connectivity index (χ2n) is 9.50. The predicted molar refractivity (Wildman–Crippen MR) is 114 cm³/mol. The number of piperidine rings is 1. The van der Waals surface area contributed by atoms with Crippen molar-refractivity contribution in [2.75, 3.05) is 13.1 Å². The number of carbonyl (C=O) groups is 3. The molecule has 2 heterocycles. The Bertz CT molecular complexity index is 911. The monoisotopic (exact) mass is 431 g/mol. The molecule has 0 aromatic heterocycles. The molecule has 2 aliphatic rings. The fourth-order valence-corrected chi connectivity index (χ4v) is 4.70. The Morgan fingerprint density at radius 1 is 1.16 bits per heavy atom. The number of imide groups is 1. The van der Waals surface area contributed by atoms with Crippen LogP contribution in [-0.4, -0.2) is 57.9 Å². The maximum atomic E-state index is 12.5. The first-order valence-electron chi connectivity index (χ1n) is 10.4. The number of nitrogens with zero attached hydrogens (tertiary/aromatic N) is 2. The predicted octanol–water partition coefficient (Wildman–Crippen LogP) is 2.19. The number of benzene rings is 1. The molecule has 1 fully saturated rings. The molecule has 0 unspecified atom stereocenters. The van der Waals surface area contributed by atoms with Crippen LogP contribution in [0.5, 0.6) is 0 Å². The van der Waals surface area contributed by atoms with Gasteiger partial charge in [0, 0.05) is 42.3 Å². The number of urea groups is 1. The summed E-state index contributed by atoms with van der Waals surface area (Å²) < 4.78 is 0. The number of nitro groups is 1. The van der Waals surface area contributed by atoms with Crippen LogP contribution in [0.2, 0.25) is 0 Å². The minimum absolute atomic E-state index is 0.0401. The largest absolute Gasteiger partial charge is 0.338 e. The summed E-state index contributed by atoms with van der Waals surface area (Å²) in [6.45, 7) is 8.84. The van der Waals surface area contributed by atoms with Gasteiger partial charge < -0.3 is 16.0 Å². The molecule has 0 bridgehead atoms. The van der Waals surface area contributed by atoms with Crippen LogP contribution in [-0.2, 0) is 0 Å². The molecule has 0 radical (unpaired) electrons. The minimum atomic E-state index is -0.603. The summed E-state index contributed by atoms with van der Waals surface area (Å²) in [5.41, 5.74) is -0.191. The number of fused-ring (bicyclic) bond motifs is 1.